The van der Waals surface area contributed by atoms with E-state index in [1.54, 1.807) is 24.3 Å². The van der Waals surface area contributed by atoms with Gasteiger partial charge >= 0.3 is 129 Å². The number of rotatable bonds is 3. The van der Waals surface area contributed by atoms with Crippen LogP contribution in [-0.4, -0.2) is 14.2 Å². The van der Waals surface area contributed by atoms with Gasteiger partial charge in [-0.1, -0.05) is 0 Å². The first-order valence-corrected chi connectivity index (χ1v) is 7.29. The van der Waals surface area contributed by atoms with Gasteiger partial charge in [-0.25, -0.2) is 0 Å². The number of phenols is 2. The molecule has 0 aromatic heterocycles. The first kappa shape index (κ1) is 13.7. The van der Waals surface area contributed by atoms with Crippen LogP contribution in [0.1, 0.15) is 11.1 Å². The third-order valence-corrected chi connectivity index (χ3v) is 3.88. The van der Waals surface area contributed by atoms with E-state index in [9.17, 15) is 10.2 Å². The van der Waals surface area contributed by atoms with E-state index in [0.29, 0.717) is 0 Å². The van der Waals surface area contributed by atoms with Gasteiger partial charge in [0.1, 0.15) is 0 Å². The van der Waals surface area contributed by atoms with Gasteiger partial charge in [0.2, 0.25) is 0 Å². The molecular weight excluding hydrogens is 311 g/mol. The Morgan fingerprint density at radius 2 is 1.24 bits per heavy atom. The van der Waals surface area contributed by atoms with Gasteiger partial charge in [0.25, 0.3) is 0 Å². The summed E-state index contributed by atoms with van der Waals surface area (Å²) in [4.78, 5) is 5.65. The molecule has 0 radical (unpaired) electrons. The molecule has 1 aliphatic rings. The average Bonchev–Trinajstić information content (AvgIpc) is 3.15. The van der Waals surface area contributed by atoms with Crippen LogP contribution >= 0.6 is 0 Å². The molecule has 1 saturated heterocycles. The molecule has 0 amide bonds. The summed E-state index contributed by atoms with van der Waals surface area (Å²) in [6, 6.07) is 14.2. The molecule has 0 saturated carbocycles. The quantitative estimate of drug-likeness (QED) is 0.599. The number of para-hydroxylation sites is 2. The summed E-state index contributed by atoms with van der Waals surface area (Å²) in [7, 11) is 0. The predicted octanol–water partition coefficient (Wildman–Crippen LogP) is 2.67. The van der Waals surface area contributed by atoms with Crippen molar-refractivity contribution in [3.05, 3.63) is 71.1 Å². The van der Waals surface area contributed by atoms with E-state index in [4.69, 9.17) is 4.81 Å². The van der Waals surface area contributed by atoms with Gasteiger partial charge in [-0.15, -0.1) is 0 Å². The van der Waals surface area contributed by atoms with Crippen LogP contribution < -0.4 is 4.81 Å². The second-order valence-corrected chi connectivity index (χ2v) is 5.21. The Morgan fingerprint density at radius 3 is 1.62 bits per heavy atom. The van der Waals surface area contributed by atoms with Crippen LogP contribution in [0.2, 0.25) is 0 Å². The van der Waals surface area contributed by atoms with Crippen LogP contribution in [0.3, 0.4) is 0 Å². The molecule has 0 bridgehead atoms. The van der Waals surface area contributed by atoms with Crippen LogP contribution in [0.15, 0.2) is 59.9 Å². The molecule has 4 nitrogen and oxygen atoms in total. The van der Waals surface area contributed by atoms with E-state index in [0.717, 1.165) is 37.4 Å². The summed E-state index contributed by atoms with van der Waals surface area (Å²) < 4.78 is 1.85. The molecule has 1 heterocycles. The summed E-state index contributed by atoms with van der Waals surface area (Å²) in [6.07, 6.45) is 3.73. The van der Waals surface area contributed by atoms with Crippen molar-refractivity contribution in [1.82, 2.24) is 3.98 Å². The maximum absolute atomic E-state index is 9.81. The average molecular weight is 325 g/mol. The van der Waals surface area contributed by atoms with Crippen molar-refractivity contribution in [1.29, 1.82) is 0 Å². The fourth-order valence-corrected chi connectivity index (χ4v) is 2.59. The van der Waals surface area contributed by atoms with Crippen molar-refractivity contribution in [2.24, 2.45) is 4.81 Å². The van der Waals surface area contributed by atoms with Gasteiger partial charge in [-0.3, -0.25) is 0 Å². The molecule has 0 aliphatic carbocycles. The maximum atomic E-state index is 9.81. The minimum atomic E-state index is 0.225. The monoisotopic (exact) mass is 324 g/mol. The van der Waals surface area contributed by atoms with Gasteiger partial charge in [-0.2, -0.15) is 0 Å². The van der Waals surface area contributed by atoms with Crippen molar-refractivity contribution < 1.29 is 25.1 Å². The molecule has 110 valence electrons. The van der Waals surface area contributed by atoms with Crippen LogP contribution in [0.25, 0.3) is 12.2 Å². The van der Waals surface area contributed by atoms with Gasteiger partial charge in [0, 0.05) is 0 Å². The molecule has 4 N–H and O–H groups in total. The summed E-state index contributed by atoms with van der Waals surface area (Å²) >= 11 is 0.908. The zero-order valence-electron chi connectivity index (χ0n) is 11.0. The Labute approximate surface area is 129 Å². The van der Waals surface area contributed by atoms with Crippen molar-refractivity contribution in [3.63, 3.8) is 0 Å². The Hall–Kier alpha value is -2.23. The third kappa shape index (κ3) is 2.80. The van der Waals surface area contributed by atoms with E-state index >= 15 is 0 Å². The third-order valence-electron chi connectivity index (χ3n) is 3.15. The second kappa shape index (κ2) is 5.64. The molecule has 21 heavy (non-hydrogen) atoms. The normalized spacial score (nSPS) is 17.7. The molecule has 1 aliphatic heterocycles. The molecule has 1 fully saturated rings. The molecule has 2 aromatic rings. The van der Waals surface area contributed by atoms with Gasteiger partial charge in [-0.05, 0) is 0 Å². The van der Waals surface area contributed by atoms with Crippen molar-refractivity contribution in [2.75, 3.05) is 0 Å². The summed E-state index contributed by atoms with van der Waals surface area (Å²) in [6.45, 7) is 0. The zero-order chi connectivity index (χ0) is 14.8. The molecule has 3 rings (SSSR count). The number of aromatic hydroxyl groups is 2. The SMILES string of the molecule is [NH2][Ni][N]1C(=Cc2ccccc2O)C1=Cc1ccccc1O. The second-order valence-electron chi connectivity index (χ2n) is 4.51. The number of nitrogens with zero attached hydrogens (tertiary/aromatic N) is 1. The number of nitrogens with two attached hydrogens (primary N) is 1. The van der Waals surface area contributed by atoms with E-state index in [2.05, 4.69) is 0 Å². The molecule has 2 aromatic carbocycles. The molecular formula is C16H14N2NiO2. The minimum absolute atomic E-state index is 0.225. The Balaban J connectivity index is 1.95. The number of phenolic OH excluding ortho intramolecular Hbond substituents is 2. The van der Waals surface area contributed by atoms with Crippen molar-refractivity contribution in [2.45, 2.75) is 0 Å². The Bertz CT molecular complexity index is 679. The Morgan fingerprint density at radius 1 is 0.810 bits per heavy atom. The van der Waals surface area contributed by atoms with E-state index < -0.39 is 0 Å². The Kier molecular flexibility index (Phi) is 3.69. The van der Waals surface area contributed by atoms with E-state index in [1.165, 1.54) is 0 Å². The zero-order valence-corrected chi connectivity index (χ0v) is 12.0. The summed E-state index contributed by atoms with van der Waals surface area (Å²) in [5.41, 5.74) is 3.30. The predicted molar refractivity (Wildman–Crippen MR) is 78.2 cm³/mol. The molecule has 0 unspecified atom stereocenters. The fourth-order valence-electron chi connectivity index (χ4n) is 2.01. The molecule has 5 heteroatoms. The van der Waals surface area contributed by atoms with Crippen LogP contribution in [-0.2, 0) is 14.9 Å². The number of hydrogen-bond acceptors (Lipinski definition) is 4. The standard InChI is InChI=1S/C16H12NO2.H2N.Ni/c18-15-7-3-1-5-11(15)9-13-14(17-13)10-12-6-2-4-8-16(12)19;;/h1-10,18-19H;1H2;/q2*-1;+2. The number of benzene rings is 2. The van der Waals surface area contributed by atoms with E-state index in [-0.39, 0.29) is 11.5 Å². The van der Waals surface area contributed by atoms with E-state index in [1.807, 2.05) is 40.4 Å². The molecule has 0 atom stereocenters. The summed E-state index contributed by atoms with van der Waals surface area (Å²) in [5.74, 6) is 0.451. The van der Waals surface area contributed by atoms with Crippen molar-refractivity contribution >= 4 is 12.2 Å². The van der Waals surface area contributed by atoms with Crippen LogP contribution in [0, 0.1) is 0 Å². The fraction of sp³-hybridized carbons (Fsp3) is 0. The van der Waals surface area contributed by atoms with Crippen molar-refractivity contribution in [3.8, 4) is 11.5 Å². The first-order valence-electron chi connectivity index (χ1n) is 6.28. The number of hydrogen-bond donors (Lipinski definition) is 3. The summed E-state index contributed by atoms with van der Waals surface area (Å²) in [5, 5.41) is 19.6. The van der Waals surface area contributed by atoms with Crippen LogP contribution in [0.4, 0.5) is 0 Å². The van der Waals surface area contributed by atoms with Crippen LogP contribution in [0.5, 0.6) is 11.5 Å². The van der Waals surface area contributed by atoms with Gasteiger partial charge < -0.3 is 0 Å². The van der Waals surface area contributed by atoms with Gasteiger partial charge in [0.05, 0.1) is 0 Å². The van der Waals surface area contributed by atoms with Gasteiger partial charge in [0.15, 0.2) is 0 Å². The first-order chi connectivity index (χ1) is 10.2. The molecule has 0 spiro atoms. The topological polar surface area (TPSA) is 69.5 Å².